The lowest BCUT2D eigenvalue weighted by Crippen LogP contribution is -2.59. The van der Waals surface area contributed by atoms with Crippen LogP contribution in [-0.2, 0) is 20.8 Å². The number of piperazine rings is 1. The molecule has 3 aliphatic rings. The molecule has 0 bridgehead atoms. The molecule has 120 valence electrons. The lowest BCUT2D eigenvalue weighted by molar-refractivity contribution is -0.165. The number of hydrogen-bond donors (Lipinski definition) is 0. The summed E-state index contributed by atoms with van der Waals surface area (Å²) in [6.07, 6.45) is 4.50. The normalized spacial score (nSPS) is 24.6. The van der Waals surface area contributed by atoms with Crippen molar-refractivity contribution in [3.63, 3.8) is 0 Å². The van der Waals surface area contributed by atoms with Gasteiger partial charge in [0, 0.05) is 12.5 Å². The predicted octanol–water partition coefficient (Wildman–Crippen LogP) is 1.67. The molecular weight excluding hydrogens is 292 g/mol. The van der Waals surface area contributed by atoms with E-state index in [2.05, 4.69) is 6.07 Å². The Hall–Kier alpha value is -2.17. The van der Waals surface area contributed by atoms with E-state index in [4.69, 9.17) is 0 Å². The Kier molecular flexibility index (Phi) is 3.43. The molecule has 0 N–H and O–H groups in total. The number of carbonyl (C=O) groups excluding carboxylic acids is 3. The highest BCUT2D eigenvalue weighted by molar-refractivity contribution is 6.38. The standard InChI is InChI=1S/C18H20N2O3/c21-16(13-6-1-2-7-13)20-11-15-14-8-4-3-5-12(14)9-10-19(15)17(22)18(20)23/h3-5,8,13,15H,1-2,6-7,9-11H2. The van der Waals surface area contributed by atoms with Crippen molar-refractivity contribution in [2.45, 2.75) is 38.1 Å². The van der Waals surface area contributed by atoms with Crippen LogP contribution in [0.2, 0.25) is 0 Å². The van der Waals surface area contributed by atoms with Crippen LogP contribution in [-0.4, -0.2) is 40.6 Å². The summed E-state index contributed by atoms with van der Waals surface area (Å²) in [7, 11) is 0. The van der Waals surface area contributed by atoms with E-state index in [9.17, 15) is 14.4 Å². The number of imide groups is 1. The molecule has 2 fully saturated rings. The van der Waals surface area contributed by atoms with E-state index >= 15 is 0 Å². The van der Waals surface area contributed by atoms with Crippen LogP contribution >= 0.6 is 0 Å². The number of benzene rings is 1. The summed E-state index contributed by atoms with van der Waals surface area (Å²) in [5, 5.41) is 0. The number of rotatable bonds is 1. The maximum absolute atomic E-state index is 12.7. The Labute approximate surface area is 135 Å². The van der Waals surface area contributed by atoms with Gasteiger partial charge in [-0.05, 0) is 30.4 Å². The lowest BCUT2D eigenvalue weighted by atomic mass is 9.90. The minimum Gasteiger partial charge on any atom is -0.325 e. The zero-order chi connectivity index (χ0) is 16.0. The number of amides is 3. The highest BCUT2D eigenvalue weighted by atomic mass is 16.2. The first-order valence-electron chi connectivity index (χ1n) is 8.41. The van der Waals surface area contributed by atoms with Gasteiger partial charge in [0.15, 0.2) is 0 Å². The third-order valence-electron chi connectivity index (χ3n) is 5.43. The highest BCUT2D eigenvalue weighted by Gasteiger charge is 2.45. The largest absolute Gasteiger partial charge is 0.325 e. The summed E-state index contributed by atoms with van der Waals surface area (Å²) in [6.45, 7) is 0.856. The van der Waals surface area contributed by atoms with Gasteiger partial charge in [-0.15, -0.1) is 0 Å². The van der Waals surface area contributed by atoms with Crippen LogP contribution in [0.3, 0.4) is 0 Å². The molecule has 1 atom stereocenters. The first-order chi connectivity index (χ1) is 11.2. The molecular formula is C18H20N2O3. The molecule has 1 unspecified atom stereocenters. The van der Waals surface area contributed by atoms with E-state index < -0.39 is 11.8 Å². The molecule has 3 amide bonds. The first kappa shape index (κ1) is 14.4. The van der Waals surface area contributed by atoms with E-state index in [0.29, 0.717) is 13.1 Å². The van der Waals surface area contributed by atoms with Crippen molar-refractivity contribution < 1.29 is 14.4 Å². The molecule has 1 aromatic rings. The van der Waals surface area contributed by atoms with Gasteiger partial charge in [-0.3, -0.25) is 19.3 Å². The van der Waals surface area contributed by atoms with Gasteiger partial charge in [-0.1, -0.05) is 37.1 Å². The first-order valence-corrected chi connectivity index (χ1v) is 8.41. The molecule has 5 nitrogen and oxygen atoms in total. The second-order valence-corrected chi connectivity index (χ2v) is 6.70. The van der Waals surface area contributed by atoms with Crippen molar-refractivity contribution in [2.75, 3.05) is 13.1 Å². The van der Waals surface area contributed by atoms with E-state index in [1.165, 1.54) is 10.5 Å². The molecule has 1 aromatic carbocycles. The molecule has 0 radical (unpaired) electrons. The molecule has 1 aliphatic carbocycles. The second-order valence-electron chi connectivity index (χ2n) is 6.70. The van der Waals surface area contributed by atoms with Crippen molar-refractivity contribution in [1.82, 2.24) is 9.80 Å². The third-order valence-corrected chi connectivity index (χ3v) is 5.43. The van der Waals surface area contributed by atoms with Crippen LogP contribution in [0.4, 0.5) is 0 Å². The Morgan fingerprint density at radius 3 is 2.57 bits per heavy atom. The second kappa shape index (κ2) is 5.48. The summed E-state index contributed by atoms with van der Waals surface area (Å²) < 4.78 is 0. The Bertz CT molecular complexity index is 679. The molecule has 0 spiro atoms. The van der Waals surface area contributed by atoms with Gasteiger partial charge in [-0.2, -0.15) is 0 Å². The van der Waals surface area contributed by atoms with Gasteiger partial charge in [0.05, 0.1) is 12.6 Å². The molecule has 2 aliphatic heterocycles. The molecule has 5 heteroatoms. The van der Waals surface area contributed by atoms with Crippen LogP contribution in [0.5, 0.6) is 0 Å². The Morgan fingerprint density at radius 2 is 1.78 bits per heavy atom. The molecule has 23 heavy (non-hydrogen) atoms. The molecule has 1 saturated heterocycles. The number of nitrogens with zero attached hydrogens (tertiary/aromatic N) is 2. The summed E-state index contributed by atoms with van der Waals surface area (Å²) in [5.41, 5.74) is 2.29. The predicted molar refractivity (Wildman–Crippen MR) is 83.3 cm³/mol. The quantitative estimate of drug-likeness (QED) is 0.585. The molecule has 0 aromatic heterocycles. The Balaban J connectivity index is 1.66. The van der Waals surface area contributed by atoms with Crippen LogP contribution in [0.1, 0.15) is 42.9 Å². The van der Waals surface area contributed by atoms with Gasteiger partial charge in [0.2, 0.25) is 5.91 Å². The maximum atomic E-state index is 12.7. The fraction of sp³-hybridized carbons (Fsp3) is 0.500. The number of fused-ring (bicyclic) bond motifs is 3. The summed E-state index contributed by atoms with van der Waals surface area (Å²) in [4.78, 5) is 40.4. The van der Waals surface area contributed by atoms with Crippen LogP contribution in [0.15, 0.2) is 24.3 Å². The van der Waals surface area contributed by atoms with E-state index in [-0.39, 0.29) is 17.9 Å². The summed E-state index contributed by atoms with van der Waals surface area (Å²) in [5.74, 6) is -1.40. The topological polar surface area (TPSA) is 57.7 Å². The van der Waals surface area contributed by atoms with Gasteiger partial charge < -0.3 is 4.90 Å². The van der Waals surface area contributed by atoms with E-state index in [1.54, 1.807) is 4.90 Å². The minimum atomic E-state index is -0.641. The lowest BCUT2D eigenvalue weighted by Gasteiger charge is -2.43. The average molecular weight is 312 g/mol. The smallest absolute Gasteiger partial charge is 0.318 e. The maximum Gasteiger partial charge on any atom is 0.318 e. The van der Waals surface area contributed by atoms with Crippen molar-refractivity contribution in [3.05, 3.63) is 35.4 Å². The Morgan fingerprint density at radius 1 is 1.04 bits per heavy atom. The van der Waals surface area contributed by atoms with Crippen molar-refractivity contribution in [2.24, 2.45) is 5.92 Å². The fourth-order valence-electron chi connectivity index (χ4n) is 4.17. The van der Waals surface area contributed by atoms with E-state index in [0.717, 1.165) is 37.7 Å². The SMILES string of the molecule is O=C1C(=O)N2CCc3ccccc3C2CN1C(=O)C1CCCC1. The summed E-state index contributed by atoms with van der Waals surface area (Å²) >= 11 is 0. The molecule has 1 saturated carbocycles. The average Bonchev–Trinajstić information content (AvgIpc) is 3.11. The minimum absolute atomic E-state index is 0.0860. The zero-order valence-electron chi connectivity index (χ0n) is 13.0. The van der Waals surface area contributed by atoms with Gasteiger partial charge >= 0.3 is 11.8 Å². The number of carbonyl (C=O) groups is 3. The third kappa shape index (κ3) is 2.26. The van der Waals surface area contributed by atoms with Crippen molar-refractivity contribution in [1.29, 1.82) is 0 Å². The van der Waals surface area contributed by atoms with Crippen LogP contribution in [0, 0.1) is 5.92 Å². The van der Waals surface area contributed by atoms with Gasteiger partial charge in [-0.25, -0.2) is 0 Å². The fourth-order valence-corrected chi connectivity index (χ4v) is 4.17. The van der Waals surface area contributed by atoms with Crippen LogP contribution < -0.4 is 0 Å². The molecule has 2 heterocycles. The number of hydrogen-bond acceptors (Lipinski definition) is 3. The van der Waals surface area contributed by atoms with E-state index in [1.807, 2.05) is 18.2 Å². The van der Waals surface area contributed by atoms with Gasteiger partial charge in [0.25, 0.3) is 0 Å². The monoisotopic (exact) mass is 312 g/mol. The van der Waals surface area contributed by atoms with Crippen molar-refractivity contribution in [3.8, 4) is 0 Å². The van der Waals surface area contributed by atoms with Gasteiger partial charge in [0.1, 0.15) is 0 Å². The van der Waals surface area contributed by atoms with Crippen LogP contribution in [0.25, 0.3) is 0 Å². The zero-order valence-corrected chi connectivity index (χ0v) is 13.0. The molecule has 4 rings (SSSR count). The van der Waals surface area contributed by atoms with Crippen molar-refractivity contribution >= 4 is 17.7 Å². The highest BCUT2D eigenvalue weighted by Crippen LogP contribution is 2.35. The summed E-state index contributed by atoms with van der Waals surface area (Å²) in [6, 6.07) is 7.83.